The number of hydrogen-bond acceptors (Lipinski definition) is 0. The highest BCUT2D eigenvalue weighted by Crippen LogP contribution is 2.38. The second kappa shape index (κ2) is 3.64. The van der Waals surface area contributed by atoms with Crippen LogP contribution < -0.4 is 0 Å². The Kier molecular flexibility index (Phi) is 2.98. The Morgan fingerprint density at radius 1 is 1.33 bits per heavy atom. The average molecular weight is 166 g/mol. The molecule has 0 spiro atoms. The van der Waals surface area contributed by atoms with Crippen LogP contribution in [0.15, 0.2) is 12.2 Å². The fourth-order valence-corrected chi connectivity index (χ4v) is 1.98. The third-order valence-electron chi connectivity index (χ3n) is 3.62. The van der Waals surface area contributed by atoms with Gasteiger partial charge < -0.3 is 0 Å². The van der Waals surface area contributed by atoms with Crippen LogP contribution in [0, 0.1) is 11.3 Å². The fraction of sp³-hybridized carbons (Fsp3) is 0.833. The van der Waals surface area contributed by atoms with E-state index in [1.807, 2.05) is 0 Å². The van der Waals surface area contributed by atoms with Gasteiger partial charge in [-0.2, -0.15) is 0 Å². The second-order valence-electron chi connectivity index (χ2n) is 5.03. The molecule has 0 bridgehead atoms. The molecule has 1 rings (SSSR count). The van der Waals surface area contributed by atoms with E-state index in [9.17, 15) is 0 Å². The lowest BCUT2D eigenvalue weighted by molar-refractivity contribution is 0.187. The third kappa shape index (κ3) is 2.36. The molecule has 0 saturated heterocycles. The smallest absolute Gasteiger partial charge is 0.0320 e. The van der Waals surface area contributed by atoms with Crippen LogP contribution in [0.3, 0.4) is 0 Å². The van der Waals surface area contributed by atoms with Crippen LogP contribution >= 0.6 is 0 Å². The zero-order valence-corrected chi connectivity index (χ0v) is 8.82. The summed E-state index contributed by atoms with van der Waals surface area (Å²) in [7, 11) is 0. The summed E-state index contributed by atoms with van der Waals surface area (Å²) in [6, 6.07) is 0. The third-order valence-corrected chi connectivity index (χ3v) is 3.62. The Hall–Kier alpha value is -0.260. The van der Waals surface area contributed by atoms with E-state index in [4.69, 9.17) is 0 Å². The first-order valence-electron chi connectivity index (χ1n) is 5.19. The Morgan fingerprint density at radius 3 is 2.67 bits per heavy atom. The highest BCUT2D eigenvalue weighted by molar-refractivity contribution is 4.97. The lowest BCUT2D eigenvalue weighted by Gasteiger charge is -2.34. The van der Waals surface area contributed by atoms with E-state index in [-0.39, 0.29) is 0 Å². The lowest BCUT2D eigenvalue weighted by atomic mass is 9.72. The monoisotopic (exact) mass is 166 g/mol. The fourth-order valence-electron chi connectivity index (χ4n) is 1.98. The van der Waals surface area contributed by atoms with Gasteiger partial charge >= 0.3 is 0 Å². The van der Waals surface area contributed by atoms with Gasteiger partial charge in [-0.25, -0.2) is 0 Å². The molecule has 0 aromatic rings. The van der Waals surface area contributed by atoms with Crippen LogP contribution in [-0.4, -0.2) is 0 Å². The van der Waals surface area contributed by atoms with Crippen molar-refractivity contribution in [2.45, 2.75) is 52.9 Å². The maximum Gasteiger partial charge on any atom is -0.0320 e. The molecule has 0 heteroatoms. The van der Waals surface area contributed by atoms with E-state index in [1.165, 1.54) is 37.7 Å². The van der Waals surface area contributed by atoms with Gasteiger partial charge in [-0.1, -0.05) is 32.9 Å². The largest absolute Gasteiger partial charge is 0.0999 e. The molecule has 1 aliphatic rings. The van der Waals surface area contributed by atoms with Gasteiger partial charge in [0.1, 0.15) is 0 Å². The van der Waals surface area contributed by atoms with Crippen LogP contribution in [0.25, 0.3) is 0 Å². The number of rotatable bonds is 0. The summed E-state index contributed by atoms with van der Waals surface area (Å²) < 4.78 is 0. The van der Waals surface area contributed by atoms with Gasteiger partial charge in [0.15, 0.2) is 0 Å². The van der Waals surface area contributed by atoms with Crippen LogP contribution in [0.1, 0.15) is 52.9 Å². The van der Waals surface area contributed by atoms with E-state index in [0.717, 1.165) is 5.92 Å². The van der Waals surface area contributed by atoms with Crippen LogP contribution in [0.4, 0.5) is 0 Å². The van der Waals surface area contributed by atoms with Gasteiger partial charge in [-0.3, -0.25) is 0 Å². The Morgan fingerprint density at radius 2 is 2.00 bits per heavy atom. The zero-order valence-electron chi connectivity index (χ0n) is 8.82. The lowest BCUT2D eigenvalue weighted by Crippen LogP contribution is -2.23. The van der Waals surface area contributed by atoms with E-state index < -0.39 is 0 Å². The van der Waals surface area contributed by atoms with E-state index >= 15 is 0 Å². The highest BCUT2D eigenvalue weighted by Gasteiger charge is 2.26. The van der Waals surface area contributed by atoms with Crippen LogP contribution in [0.5, 0.6) is 0 Å². The molecular formula is C12H22. The van der Waals surface area contributed by atoms with Crippen molar-refractivity contribution in [1.29, 1.82) is 0 Å². The van der Waals surface area contributed by atoms with Crippen molar-refractivity contribution >= 4 is 0 Å². The molecule has 0 amide bonds. The predicted octanol–water partition coefficient (Wildman–Crippen LogP) is 4.17. The van der Waals surface area contributed by atoms with Crippen LogP contribution in [-0.2, 0) is 0 Å². The Bertz CT molecular complexity index is 165. The quantitative estimate of drug-likeness (QED) is 0.474. The molecule has 70 valence electrons. The molecule has 0 aromatic heterocycles. The van der Waals surface area contributed by atoms with E-state index in [2.05, 4.69) is 27.4 Å². The Balaban J connectivity index is 2.56. The molecule has 1 saturated carbocycles. The first-order chi connectivity index (χ1) is 5.52. The van der Waals surface area contributed by atoms with Gasteiger partial charge in [0.05, 0.1) is 0 Å². The molecule has 1 unspecified atom stereocenters. The molecular weight excluding hydrogens is 144 g/mol. The molecule has 0 aromatic carbocycles. The number of hydrogen-bond donors (Lipinski definition) is 0. The minimum Gasteiger partial charge on any atom is -0.0999 e. The van der Waals surface area contributed by atoms with Crippen LogP contribution in [0.2, 0.25) is 0 Å². The summed E-state index contributed by atoms with van der Waals surface area (Å²) in [6.07, 6.45) is 6.57. The summed E-state index contributed by atoms with van der Waals surface area (Å²) in [5, 5.41) is 0. The van der Waals surface area contributed by atoms with Gasteiger partial charge in [0.25, 0.3) is 0 Å². The van der Waals surface area contributed by atoms with E-state index in [0.29, 0.717) is 5.41 Å². The summed E-state index contributed by atoms with van der Waals surface area (Å²) in [6.45, 7) is 11.3. The second-order valence-corrected chi connectivity index (χ2v) is 5.03. The zero-order chi connectivity index (χ0) is 9.19. The molecule has 0 heterocycles. The van der Waals surface area contributed by atoms with Crippen molar-refractivity contribution in [2.75, 3.05) is 0 Å². The van der Waals surface area contributed by atoms with E-state index in [1.54, 1.807) is 0 Å². The van der Waals surface area contributed by atoms with Gasteiger partial charge in [-0.15, -0.1) is 0 Å². The van der Waals surface area contributed by atoms with Crippen molar-refractivity contribution < 1.29 is 0 Å². The maximum absolute atomic E-state index is 4.10. The highest BCUT2D eigenvalue weighted by atomic mass is 14.3. The first-order valence-corrected chi connectivity index (χ1v) is 5.19. The van der Waals surface area contributed by atoms with Gasteiger partial charge in [0, 0.05) is 0 Å². The van der Waals surface area contributed by atoms with Crippen molar-refractivity contribution in [3.05, 3.63) is 12.2 Å². The normalized spacial score (nSPS) is 30.9. The standard InChI is InChI=1S/C12H22/c1-10-6-5-9-12(3,4)11(2)8-7-10/h11H,1,5-9H2,2-4H3. The number of allylic oxidation sites excluding steroid dienone is 1. The van der Waals surface area contributed by atoms with Crippen molar-refractivity contribution in [2.24, 2.45) is 11.3 Å². The molecule has 0 aliphatic heterocycles. The summed E-state index contributed by atoms with van der Waals surface area (Å²) >= 11 is 0. The molecule has 0 radical (unpaired) electrons. The molecule has 1 atom stereocenters. The molecule has 1 fully saturated rings. The van der Waals surface area contributed by atoms with Gasteiger partial charge in [0.2, 0.25) is 0 Å². The summed E-state index contributed by atoms with van der Waals surface area (Å²) in [5.74, 6) is 0.856. The minimum atomic E-state index is 0.556. The SMILES string of the molecule is C=C1CCCC(C)(C)C(C)CC1. The first kappa shape index (κ1) is 9.83. The molecule has 1 aliphatic carbocycles. The predicted molar refractivity (Wildman–Crippen MR) is 55.2 cm³/mol. The Labute approximate surface area is 77.1 Å². The minimum absolute atomic E-state index is 0.556. The summed E-state index contributed by atoms with van der Waals surface area (Å²) in [4.78, 5) is 0. The topological polar surface area (TPSA) is 0 Å². The summed E-state index contributed by atoms with van der Waals surface area (Å²) in [5.41, 5.74) is 2.03. The van der Waals surface area contributed by atoms with Crippen molar-refractivity contribution in [3.63, 3.8) is 0 Å². The van der Waals surface area contributed by atoms with Crippen molar-refractivity contribution in [1.82, 2.24) is 0 Å². The average Bonchev–Trinajstić information content (AvgIpc) is 1.98. The maximum atomic E-state index is 4.10. The molecule has 0 nitrogen and oxygen atoms in total. The molecule has 0 N–H and O–H groups in total. The van der Waals surface area contributed by atoms with Crippen molar-refractivity contribution in [3.8, 4) is 0 Å². The molecule has 12 heavy (non-hydrogen) atoms. The van der Waals surface area contributed by atoms with Gasteiger partial charge in [-0.05, 0) is 43.4 Å².